The molecule has 0 bridgehead atoms. The van der Waals surface area contributed by atoms with Crippen LogP contribution in [0.15, 0.2) is 24.3 Å². The van der Waals surface area contributed by atoms with Gasteiger partial charge in [0.25, 0.3) is 0 Å². The molecule has 0 radical (unpaired) electrons. The van der Waals surface area contributed by atoms with Gasteiger partial charge < -0.3 is 9.47 Å². The Hall–Kier alpha value is -2.70. The molecule has 1 saturated heterocycles. The Morgan fingerprint density at radius 2 is 1.54 bits per heavy atom. The van der Waals surface area contributed by atoms with Gasteiger partial charge in [-0.1, -0.05) is 12.8 Å². The predicted octanol–water partition coefficient (Wildman–Crippen LogP) is 2.37. The molecular formula is C21H25NO6. The molecule has 150 valence electrons. The molecule has 1 aromatic rings. The predicted molar refractivity (Wildman–Crippen MR) is 99.6 cm³/mol. The van der Waals surface area contributed by atoms with Crippen molar-refractivity contribution in [2.75, 3.05) is 7.11 Å². The van der Waals surface area contributed by atoms with Crippen molar-refractivity contribution in [2.24, 2.45) is 11.8 Å². The molecule has 0 aromatic heterocycles. The molecule has 0 spiro atoms. The number of carbonyl (C=O) groups is 4. The van der Waals surface area contributed by atoms with Crippen LogP contribution in [-0.4, -0.2) is 47.7 Å². The minimum atomic E-state index is -1.04. The molecule has 1 aromatic carbocycles. The number of Topliss-reactive ketones (excluding diaryl/α,β-unsaturated/α-hetero) is 1. The third kappa shape index (κ3) is 3.66. The third-order valence-corrected chi connectivity index (χ3v) is 5.64. The van der Waals surface area contributed by atoms with Crippen molar-refractivity contribution in [2.45, 2.75) is 51.7 Å². The number of carbonyl (C=O) groups excluding carboxylic acids is 4. The minimum absolute atomic E-state index is 0.298. The first-order chi connectivity index (χ1) is 13.3. The van der Waals surface area contributed by atoms with Crippen LogP contribution in [0.4, 0.5) is 0 Å². The summed E-state index contributed by atoms with van der Waals surface area (Å²) in [6.07, 6.45) is 2.17. The summed E-state index contributed by atoms with van der Waals surface area (Å²) < 4.78 is 10.3. The van der Waals surface area contributed by atoms with E-state index in [1.165, 1.54) is 21.0 Å². The van der Waals surface area contributed by atoms with E-state index in [9.17, 15) is 19.2 Å². The summed E-state index contributed by atoms with van der Waals surface area (Å²) in [5.74, 6) is -1.75. The molecule has 1 aliphatic heterocycles. The monoisotopic (exact) mass is 387 g/mol. The van der Waals surface area contributed by atoms with E-state index in [0.717, 1.165) is 17.7 Å². The second kappa shape index (κ2) is 8.12. The van der Waals surface area contributed by atoms with Crippen LogP contribution in [-0.2, 0) is 19.1 Å². The molecule has 7 nitrogen and oxygen atoms in total. The van der Waals surface area contributed by atoms with Gasteiger partial charge in [-0.25, -0.2) is 4.79 Å². The first kappa shape index (κ1) is 20.0. The Morgan fingerprint density at radius 1 is 1.00 bits per heavy atom. The minimum Gasteiger partial charge on any atom is -0.497 e. The number of nitrogens with zero attached hydrogens (tertiary/aromatic N) is 1. The summed E-state index contributed by atoms with van der Waals surface area (Å²) in [4.78, 5) is 51.3. The highest BCUT2D eigenvalue weighted by Crippen LogP contribution is 2.39. The Bertz CT molecular complexity index is 763. The van der Waals surface area contributed by atoms with Crippen LogP contribution in [0.25, 0.3) is 0 Å². The van der Waals surface area contributed by atoms with Gasteiger partial charge in [-0.3, -0.25) is 19.3 Å². The molecule has 2 amide bonds. The SMILES string of the molecule is COc1ccc(C(=O)[C@H](C)OC(=O)[C@H](C)N2C(=O)[C@H]3CCCC[C@H]3C2=O)cc1. The van der Waals surface area contributed by atoms with Gasteiger partial charge in [0.15, 0.2) is 6.10 Å². The fourth-order valence-electron chi connectivity index (χ4n) is 3.99. The van der Waals surface area contributed by atoms with Gasteiger partial charge in [-0.15, -0.1) is 0 Å². The number of ketones is 1. The van der Waals surface area contributed by atoms with Crippen LogP contribution in [0.1, 0.15) is 49.9 Å². The molecular weight excluding hydrogens is 362 g/mol. The summed E-state index contributed by atoms with van der Waals surface area (Å²) >= 11 is 0. The van der Waals surface area contributed by atoms with E-state index in [1.807, 2.05) is 0 Å². The fourth-order valence-corrected chi connectivity index (χ4v) is 3.99. The summed E-state index contributed by atoms with van der Waals surface area (Å²) in [6.45, 7) is 2.95. The number of imide groups is 1. The van der Waals surface area contributed by atoms with Gasteiger partial charge in [0.05, 0.1) is 18.9 Å². The van der Waals surface area contributed by atoms with Gasteiger partial charge in [0, 0.05) is 5.56 Å². The molecule has 1 saturated carbocycles. The normalized spacial score (nSPS) is 23.8. The van der Waals surface area contributed by atoms with Crippen LogP contribution in [0.3, 0.4) is 0 Å². The van der Waals surface area contributed by atoms with Crippen molar-refractivity contribution in [3.8, 4) is 5.75 Å². The van der Waals surface area contributed by atoms with Gasteiger partial charge >= 0.3 is 5.97 Å². The number of esters is 1. The molecule has 1 aliphatic carbocycles. The number of likely N-dealkylation sites (tertiary alicyclic amines) is 1. The Kier molecular flexibility index (Phi) is 5.82. The quantitative estimate of drug-likeness (QED) is 0.423. The first-order valence-electron chi connectivity index (χ1n) is 9.60. The van der Waals surface area contributed by atoms with Crippen molar-refractivity contribution >= 4 is 23.6 Å². The Labute approximate surface area is 164 Å². The topological polar surface area (TPSA) is 90.0 Å². The molecule has 0 unspecified atom stereocenters. The molecule has 28 heavy (non-hydrogen) atoms. The molecule has 2 aliphatic rings. The lowest BCUT2D eigenvalue weighted by Gasteiger charge is -2.23. The second-order valence-corrected chi connectivity index (χ2v) is 7.39. The number of hydrogen-bond acceptors (Lipinski definition) is 6. The van der Waals surface area contributed by atoms with Crippen LogP contribution >= 0.6 is 0 Å². The molecule has 3 rings (SSSR count). The molecule has 1 heterocycles. The van der Waals surface area contributed by atoms with E-state index in [2.05, 4.69) is 0 Å². The lowest BCUT2D eigenvalue weighted by atomic mass is 9.81. The largest absolute Gasteiger partial charge is 0.497 e. The van der Waals surface area contributed by atoms with E-state index in [1.54, 1.807) is 24.3 Å². The average molecular weight is 387 g/mol. The maximum Gasteiger partial charge on any atom is 0.329 e. The second-order valence-electron chi connectivity index (χ2n) is 7.39. The Balaban J connectivity index is 1.65. The highest BCUT2D eigenvalue weighted by atomic mass is 16.5. The standard InChI is InChI=1S/C21H25NO6/c1-12(22-19(24)16-6-4-5-7-17(16)20(22)25)21(26)28-13(2)18(23)14-8-10-15(27-3)11-9-14/h8-13,16-17H,4-7H2,1-3H3/t12-,13-,16-,17+/m0/s1. The summed E-state index contributed by atoms with van der Waals surface area (Å²) in [6, 6.07) is 5.43. The van der Waals surface area contributed by atoms with E-state index in [0.29, 0.717) is 24.2 Å². The van der Waals surface area contributed by atoms with Crippen LogP contribution in [0.2, 0.25) is 0 Å². The third-order valence-electron chi connectivity index (χ3n) is 5.64. The van der Waals surface area contributed by atoms with E-state index in [-0.39, 0.29) is 29.4 Å². The van der Waals surface area contributed by atoms with Crippen molar-refractivity contribution in [3.63, 3.8) is 0 Å². The highest BCUT2D eigenvalue weighted by Gasteiger charge is 2.51. The number of methoxy groups -OCH3 is 1. The molecule has 4 atom stereocenters. The van der Waals surface area contributed by atoms with Crippen molar-refractivity contribution < 1.29 is 28.7 Å². The molecule has 2 fully saturated rings. The lowest BCUT2D eigenvalue weighted by Crippen LogP contribution is -2.45. The lowest BCUT2D eigenvalue weighted by molar-refractivity contribution is -0.159. The highest BCUT2D eigenvalue weighted by molar-refractivity contribution is 6.08. The average Bonchev–Trinajstić information content (AvgIpc) is 2.97. The van der Waals surface area contributed by atoms with Crippen molar-refractivity contribution in [1.82, 2.24) is 4.90 Å². The molecule has 7 heteroatoms. The summed E-state index contributed by atoms with van der Waals surface area (Å²) in [5, 5.41) is 0. The summed E-state index contributed by atoms with van der Waals surface area (Å²) in [5.41, 5.74) is 0.382. The van der Waals surface area contributed by atoms with Gasteiger partial charge in [-0.2, -0.15) is 0 Å². The van der Waals surface area contributed by atoms with Crippen LogP contribution < -0.4 is 4.74 Å². The van der Waals surface area contributed by atoms with Gasteiger partial charge in [0.1, 0.15) is 11.8 Å². The van der Waals surface area contributed by atoms with Gasteiger partial charge in [0.2, 0.25) is 17.6 Å². The van der Waals surface area contributed by atoms with E-state index >= 15 is 0 Å². The van der Waals surface area contributed by atoms with Crippen molar-refractivity contribution in [3.05, 3.63) is 29.8 Å². The number of ether oxygens (including phenoxy) is 2. The first-order valence-corrected chi connectivity index (χ1v) is 9.60. The zero-order valence-electron chi connectivity index (χ0n) is 16.3. The number of benzene rings is 1. The number of fused-ring (bicyclic) bond motifs is 1. The zero-order valence-corrected chi connectivity index (χ0v) is 16.3. The van der Waals surface area contributed by atoms with Crippen LogP contribution in [0.5, 0.6) is 5.75 Å². The van der Waals surface area contributed by atoms with Crippen molar-refractivity contribution in [1.29, 1.82) is 0 Å². The maximum atomic E-state index is 12.6. The number of hydrogen-bond donors (Lipinski definition) is 0. The Morgan fingerprint density at radius 3 is 2.04 bits per heavy atom. The maximum absolute atomic E-state index is 12.6. The number of rotatable bonds is 6. The summed E-state index contributed by atoms with van der Waals surface area (Å²) in [7, 11) is 1.53. The molecule has 0 N–H and O–H groups in total. The zero-order chi connectivity index (χ0) is 20.4. The van der Waals surface area contributed by atoms with Crippen LogP contribution in [0, 0.1) is 11.8 Å². The van der Waals surface area contributed by atoms with E-state index < -0.39 is 18.1 Å². The fraction of sp³-hybridized carbons (Fsp3) is 0.524. The van der Waals surface area contributed by atoms with E-state index in [4.69, 9.17) is 9.47 Å². The van der Waals surface area contributed by atoms with Gasteiger partial charge in [-0.05, 0) is 51.0 Å². The smallest absolute Gasteiger partial charge is 0.329 e. The number of amides is 2.